The topological polar surface area (TPSA) is 133 Å². The van der Waals surface area contributed by atoms with E-state index in [9.17, 15) is 19.2 Å². The molecule has 0 radical (unpaired) electrons. The molecular weight excluding hydrogens is 292 g/mol. The van der Waals surface area contributed by atoms with E-state index in [-0.39, 0.29) is 11.4 Å². The minimum absolute atomic E-state index is 0.236. The van der Waals surface area contributed by atoms with Crippen LogP contribution in [-0.2, 0) is 19.2 Å². The van der Waals surface area contributed by atoms with Crippen LogP contribution in [0.3, 0.4) is 0 Å². The Morgan fingerprint density at radius 2 is 1.09 bits per heavy atom. The van der Waals surface area contributed by atoms with Crippen molar-refractivity contribution in [1.29, 1.82) is 0 Å². The van der Waals surface area contributed by atoms with Gasteiger partial charge in [0, 0.05) is 24.3 Å². The monoisotopic (exact) mass is 304 g/mol. The lowest BCUT2D eigenvalue weighted by Gasteiger charge is -2.09. The van der Waals surface area contributed by atoms with Crippen LogP contribution in [0.2, 0.25) is 0 Å². The molecule has 0 aliphatic rings. The van der Waals surface area contributed by atoms with Gasteiger partial charge >= 0.3 is 11.9 Å². The Morgan fingerprint density at radius 3 is 1.41 bits per heavy atom. The molecule has 0 heterocycles. The summed E-state index contributed by atoms with van der Waals surface area (Å²) in [7, 11) is 0. The molecule has 22 heavy (non-hydrogen) atoms. The third-order valence-electron chi connectivity index (χ3n) is 2.20. The first kappa shape index (κ1) is 16.6. The summed E-state index contributed by atoms with van der Waals surface area (Å²) in [6, 6.07) is 6.17. The van der Waals surface area contributed by atoms with Crippen LogP contribution in [-0.4, -0.2) is 34.0 Å². The smallest absolute Gasteiger partial charge is 0.328 e. The van der Waals surface area contributed by atoms with E-state index >= 15 is 0 Å². The van der Waals surface area contributed by atoms with Gasteiger partial charge in [-0.2, -0.15) is 0 Å². The van der Waals surface area contributed by atoms with Gasteiger partial charge in [0.05, 0.1) is 11.4 Å². The largest absolute Gasteiger partial charge is 0.478 e. The maximum absolute atomic E-state index is 11.5. The van der Waals surface area contributed by atoms with Crippen LogP contribution in [0, 0.1) is 0 Å². The molecule has 8 heteroatoms. The molecule has 0 saturated heterocycles. The van der Waals surface area contributed by atoms with Crippen LogP contribution < -0.4 is 10.6 Å². The van der Waals surface area contributed by atoms with E-state index < -0.39 is 23.8 Å². The van der Waals surface area contributed by atoms with Crippen LogP contribution in [0.4, 0.5) is 11.4 Å². The van der Waals surface area contributed by atoms with Crippen molar-refractivity contribution in [3.63, 3.8) is 0 Å². The summed E-state index contributed by atoms with van der Waals surface area (Å²) in [5.41, 5.74) is 0.472. The zero-order valence-electron chi connectivity index (χ0n) is 11.1. The van der Waals surface area contributed by atoms with Gasteiger partial charge in [0.2, 0.25) is 11.8 Å². The molecule has 0 saturated carbocycles. The molecule has 2 amide bonds. The van der Waals surface area contributed by atoms with E-state index in [1.807, 2.05) is 0 Å². The molecule has 0 aliphatic heterocycles. The van der Waals surface area contributed by atoms with Crippen molar-refractivity contribution in [2.45, 2.75) is 0 Å². The summed E-state index contributed by atoms with van der Waals surface area (Å²) in [4.78, 5) is 43.6. The Morgan fingerprint density at radius 1 is 0.727 bits per heavy atom. The van der Waals surface area contributed by atoms with E-state index in [1.54, 1.807) is 12.1 Å². The van der Waals surface area contributed by atoms with Gasteiger partial charge < -0.3 is 20.8 Å². The molecule has 1 rings (SSSR count). The van der Waals surface area contributed by atoms with Gasteiger partial charge in [0.25, 0.3) is 0 Å². The SMILES string of the molecule is O=C(O)/C=C\C(=O)Nc1ccccc1NC(=O)/C=C/C(=O)O. The van der Waals surface area contributed by atoms with Crippen molar-refractivity contribution < 1.29 is 29.4 Å². The number of carboxylic acid groups (broad SMARTS) is 2. The Hall–Kier alpha value is -3.42. The molecule has 8 nitrogen and oxygen atoms in total. The third kappa shape index (κ3) is 6.15. The predicted molar refractivity (Wildman–Crippen MR) is 77.3 cm³/mol. The summed E-state index contributed by atoms with van der Waals surface area (Å²) in [6.07, 6.45) is 2.99. The second-order valence-corrected chi connectivity index (χ2v) is 3.87. The van der Waals surface area contributed by atoms with Crippen LogP contribution >= 0.6 is 0 Å². The number of carboxylic acids is 2. The summed E-state index contributed by atoms with van der Waals surface area (Å²) < 4.78 is 0. The van der Waals surface area contributed by atoms with Crippen molar-refractivity contribution in [1.82, 2.24) is 0 Å². The minimum Gasteiger partial charge on any atom is -0.478 e. The number of rotatable bonds is 6. The molecule has 0 unspecified atom stereocenters. The van der Waals surface area contributed by atoms with E-state index in [1.165, 1.54) is 12.1 Å². The zero-order valence-corrected chi connectivity index (χ0v) is 11.1. The number of carbonyl (C=O) groups is 4. The van der Waals surface area contributed by atoms with Gasteiger partial charge in [-0.05, 0) is 12.1 Å². The van der Waals surface area contributed by atoms with Crippen LogP contribution in [0.15, 0.2) is 48.6 Å². The van der Waals surface area contributed by atoms with Gasteiger partial charge in [0.1, 0.15) is 0 Å². The molecule has 4 N–H and O–H groups in total. The molecule has 0 spiro atoms. The fraction of sp³-hybridized carbons (Fsp3) is 0. The number of hydrogen-bond acceptors (Lipinski definition) is 4. The maximum Gasteiger partial charge on any atom is 0.328 e. The normalized spacial score (nSPS) is 10.5. The average Bonchev–Trinajstić information content (AvgIpc) is 2.45. The quantitative estimate of drug-likeness (QED) is 0.576. The summed E-state index contributed by atoms with van der Waals surface area (Å²) in [6.45, 7) is 0. The molecular formula is C14H12N2O6. The van der Waals surface area contributed by atoms with Crippen LogP contribution in [0.1, 0.15) is 0 Å². The van der Waals surface area contributed by atoms with Crippen molar-refractivity contribution in [2.24, 2.45) is 0 Å². The van der Waals surface area contributed by atoms with E-state index in [2.05, 4.69) is 10.6 Å². The first-order valence-electron chi connectivity index (χ1n) is 5.91. The number of aliphatic carboxylic acids is 2. The number of anilines is 2. The lowest BCUT2D eigenvalue weighted by atomic mass is 10.2. The van der Waals surface area contributed by atoms with E-state index in [0.29, 0.717) is 12.2 Å². The number of para-hydroxylation sites is 2. The fourth-order valence-electron chi connectivity index (χ4n) is 1.34. The number of nitrogens with one attached hydrogen (secondary N) is 2. The molecule has 114 valence electrons. The number of benzene rings is 1. The summed E-state index contributed by atoms with van der Waals surface area (Å²) in [5.74, 6) is -3.92. The number of hydrogen-bond donors (Lipinski definition) is 4. The first-order chi connectivity index (χ1) is 10.4. The van der Waals surface area contributed by atoms with E-state index in [4.69, 9.17) is 10.2 Å². The second-order valence-electron chi connectivity index (χ2n) is 3.87. The Balaban J connectivity index is 2.81. The molecule has 1 aromatic rings. The highest BCUT2D eigenvalue weighted by molar-refractivity contribution is 6.07. The van der Waals surface area contributed by atoms with Crippen LogP contribution in [0.5, 0.6) is 0 Å². The lowest BCUT2D eigenvalue weighted by molar-refractivity contribution is -0.132. The van der Waals surface area contributed by atoms with Gasteiger partial charge in [-0.15, -0.1) is 0 Å². The molecule has 0 fully saturated rings. The Labute approximate surface area is 124 Å². The number of carbonyl (C=O) groups excluding carboxylic acids is 2. The lowest BCUT2D eigenvalue weighted by Crippen LogP contribution is -2.14. The zero-order chi connectivity index (χ0) is 16.5. The molecule has 0 aliphatic carbocycles. The van der Waals surface area contributed by atoms with E-state index in [0.717, 1.165) is 12.2 Å². The predicted octanol–water partition coefficient (Wildman–Crippen LogP) is 0.845. The third-order valence-corrected chi connectivity index (χ3v) is 2.20. The highest BCUT2D eigenvalue weighted by atomic mass is 16.4. The summed E-state index contributed by atoms with van der Waals surface area (Å²) in [5, 5.41) is 21.6. The number of amides is 2. The molecule has 0 aromatic heterocycles. The van der Waals surface area contributed by atoms with Gasteiger partial charge in [-0.1, -0.05) is 12.1 Å². The van der Waals surface area contributed by atoms with Gasteiger partial charge in [-0.25, -0.2) is 9.59 Å². The molecule has 1 aromatic carbocycles. The fourth-order valence-corrected chi connectivity index (χ4v) is 1.34. The van der Waals surface area contributed by atoms with Crippen molar-refractivity contribution in [2.75, 3.05) is 10.6 Å². The minimum atomic E-state index is -1.27. The summed E-state index contributed by atoms with van der Waals surface area (Å²) >= 11 is 0. The van der Waals surface area contributed by atoms with Crippen LogP contribution in [0.25, 0.3) is 0 Å². The Kier molecular flexibility index (Phi) is 6.05. The Bertz CT molecular complexity index is 606. The standard InChI is InChI=1S/C14H12N2O6/c17-11(5-7-13(19)20)15-9-3-1-2-4-10(9)16-12(18)6-8-14(21)22/h1-8H,(H,15,17)(H,16,18)(H,19,20)(H,21,22)/b7-5-,8-6+. The molecule has 0 atom stereocenters. The second kappa shape index (κ2) is 8.00. The maximum atomic E-state index is 11.5. The van der Waals surface area contributed by atoms with Crippen molar-refractivity contribution in [3.05, 3.63) is 48.6 Å². The molecule has 0 bridgehead atoms. The highest BCUT2D eigenvalue weighted by Gasteiger charge is 2.07. The average molecular weight is 304 g/mol. The van der Waals surface area contributed by atoms with Crippen molar-refractivity contribution >= 4 is 35.1 Å². The van der Waals surface area contributed by atoms with Gasteiger partial charge in [-0.3, -0.25) is 9.59 Å². The van der Waals surface area contributed by atoms with Crippen molar-refractivity contribution in [3.8, 4) is 0 Å². The first-order valence-corrected chi connectivity index (χ1v) is 5.91. The van der Waals surface area contributed by atoms with Gasteiger partial charge in [0.15, 0.2) is 0 Å². The highest BCUT2D eigenvalue weighted by Crippen LogP contribution is 2.20.